The Kier molecular flexibility index (Phi) is 3.28. The van der Waals surface area contributed by atoms with Crippen LogP contribution in [0.1, 0.15) is 17.9 Å². The van der Waals surface area contributed by atoms with E-state index in [2.05, 4.69) is 51.3 Å². The molecule has 0 saturated carbocycles. The number of benzene rings is 1. The minimum atomic E-state index is 0.336. The number of hydrogen-bond acceptors (Lipinski definition) is 4. The summed E-state index contributed by atoms with van der Waals surface area (Å²) < 4.78 is 0. The first-order valence-electron chi connectivity index (χ1n) is 7.02. The van der Waals surface area contributed by atoms with Crippen LogP contribution in [0.5, 0.6) is 0 Å². The van der Waals surface area contributed by atoms with E-state index in [0.717, 1.165) is 35.5 Å². The van der Waals surface area contributed by atoms with Gasteiger partial charge < -0.3 is 4.90 Å². The zero-order chi connectivity index (χ0) is 14.2. The molecule has 1 aliphatic heterocycles. The number of anilines is 1. The minimum Gasteiger partial charge on any atom is -0.355 e. The minimum absolute atomic E-state index is 0.336. The van der Waals surface area contributed by atoms with E-state index in [0.29, 0.717) is 11.2 Å². The molecule has 0 radical (unpaired) electrons. The molecule has 0 spiro atoms. The molecule has 1 fully saturated rings. The highest BCUT2D eigenvalue weighted by Gasteiger charge is 2.26. The van der Waals surface area contributed by atoms with E-state index >= 15 is 0 Å². The molecule has 0 N–H and O–H groups in total. The maximum atomic E-state index is 6.07. The Hall–Kier alpha value is -1.65. The van der Waals surface area contributed by atoms with Gasteiger partial charge in [-0.15, -0.1) is 11.3 Å². The summed E-state index contributed by atoms with van der Waals surface area (Å²) in [6.45, 7) is 2.00. The van der Waals surface area contributed by atoms with Crippen LogP contribution in [-0.2, 0) is 0 Å². The Bertz CT molecular complexity index is 772. The van der Waals surface area contributed by atoms with Crippen LogP contribution >= 0.6 is 22.9 Å². The number of thiophene rings is 1. The maximum Gasteiger partial charge on any atom is 0.225 e. The molecule has 3 nitrogen and oxygen atoms in total. The third-order valence-electron chi connectivity index (χ3n) is 4.04. The van der Waals surface area contributed by atoms with Gasteiger partial charge in [-0.05, 0) is 35.0 Å². The van der Waals surface area contributed by atoms with Gasteiger partial charge in [0, 0.05) is 19.0 Å². The zero-order valence-electron chi connectivity index (χ0n) is 11.4. The van der Waals surface area contributed by atoms with Crippen molar-refractivity contribution in [2.24, 2.45) is 0 Å². The summed E-state index contributed by atoms with van der Waals surface area (Å²) in [7, 11) is 0. The molecule has 1 aromatic carbocycles. The van der Waals surface area contributed by atoms with Gasteiger partial charge in [-0.25, -0.2) is 4.98 Å². The first-order valence-corrected chi connectivity index (χ1v) is 8.27. The van der Waals surface area contributed by atoms with Crippen molar-refractivity contribution >= 4 is 39.0 Å². The Balaban J connectivity index is 1.67. The fourth-order valence-electron chi connectivity index (χ4n) is 3.01. The lowest BCUT2D eigenvalue weighted by molar-refractivity contribution is 0.774. The Morgan fingerprint density at radius 1 is 1.14 bits per heavy atom. The number of halogens is 1. The summed E-state index contributed by atoms with van der Waals surface area (Å²) in [5, 5.41) is 3.49. The second-order valence-electron chi connectivity index (χ2n) is 5.30. The van der Waals surface area contributed by atoms with Gasteiger partial charge in [-0.3, -0.25) is 0 Å². The highest BCUT2D eigenvalue weighted by atomic mass is 35.5. The molecule has 0 bridgehead atoms. The third kappa shape index (κ3) is 2.39. The number of rotatable bonds is 2. The Morgan fingerprint density at radius 3 is 2.86 bits per heavy atom. The van der Waals surface area contributed by atoms with Crippen molar-refractivity contribution < 1.29 is 0 Å². The predicted octanol–water partition coefficient (Wildman–Crippen LogP) is 4.34. The van der Waals surface area contributed by atoms with E-state index in [4.69, 9.17) is 11.6 Å². The lowest BCUT2D eigenvalue weighted by Crippen LogP contribution is -2.20. The van der Waals surface area contributed by atoms with Crippen molar-refractivity contribution in [1.82, 2.24) is 9.97 Å². The van der Waals surface area contributed by atoms with Gasteiger partial charge in [-0.1, -0.05) is 30.3 Å². The van der Waals surface area contributed by atoms with E-state index in [-0.39, 0.29) is 0 Å². The molecule has 0 amide bonds. The zero-order valence-corrected chi connectivity index (χ0v) is 12.9. The topological polar surface area (TPSA) is 29.0 Å². The molecule has 1 atom stereocenters. The number of aromatic nitrogens is 2. The summed E-state index contributed by atoms with van der Waals surface area (Å²) in [5.74, 6) is 1.54. The molecule has 5 heteroatoms. The first-order chi connectivity index (χ1) is 10.3. The molecule has 1 saturated heterocycles. The molecular weight excluding hydrogens is 302 g/mol. The fourth-order valence-corrected chi connectivity index (χ4v) is 3.98. The lowest BCUT2D eigenvalue weighted by Gasteiger charge is -2.18. The van der Waals surface area contributed by atoms with E-state index in [1.54, 1.807) is 11.3 Å². The molecule has 1 unspecified atom stereocenters. The van der Waals surface area contributed by atoms with Crippen LogP contribution in [0.4, 0.5) is 5.82 Å². The van der Waals surface area contributed by atoms with Crippen molar-refractivity contribution in [2.45, 2.75) is 12.3 Å². The molecule has 2 aromatic heterocycles. The van der Waals surface area contributed by atoms with E-state index in [1.807, 2.05) is 5.38 Å². The van der Waals surface area contributed by atoms with Crippen molar-refractivity contribution in [3.63, 3.8) is 0 Å². The molecule has 0 aliphatic carbocycles. The summed E-state index contributed by atoms with van der Waals surface area (Å²) in [4.78, 5) is 12.1. The second kappa shape index (κ2) is 5.28. The summed E-state index contributed by atoms with van der Waals surface area (Å²) in [6, 6.07) is 12.8. The van der Waals surface area contributed by atoms with Crippen molar-refractivity contribution in [3.05, 3.63) is 52.6 Å². The van der Waals surface area contributed by atoms with Gasteiger partial charge in [0.15, 0.2) is 0 Å². The summed E-state index contributed by atoms with van der Waals surface area (Å²) in [5.41, 5.74) is 1.40. The van der Waals surface area contributed by atoms with Crippen molar-refractivity contribution in [2.75, 3.05) is 18.0 Å². The summed E-state index contributed by atoms with van der Waals surface area (Å²) in [6.07, 6.45) is 1.15. The Morgan fingerprint density at radius 2 is 2.00 bits per heavy atom. The van der Waals surface area contributed by atoms with Gasteiger partial charge in [-0.2, -0.15) is 4.98 Å². The second-order valence-corrected chi connectivity index (χ2v) is 6.53. The predicted molar refractivity (Wildman–Crippen MR) is 88.4 cm³/mol. The smallest absolute Gasteiger partial charge is 0.225 e. The average Bonchev–Trinajstić information content (AvgIpc) is 3.16. The van der Waals surface area contributed by atoms with E-state index in [9.17, 15) is 0 Å². The Labute approximate surface area is 132 Å². The maximum absolute atomic E-state index is 6.07. The molecule has 106 valence electrons. The van der Waals surface area contributed by atoms with Gasteiger partial charge >= 0.3 is 0 Å². The van der Waals surface area contributed by atoms with Crippen molar-refractivity contribution in [1.29, 1.82) is 0 Å². The lowest BCUT2D eigenvalue weighted by atomic mass is 9.99. The normalized spacial score (nSPS) is 18.5. The average molecular weight is 316 g/mol. The molecule has 3 heterocycles. The SMILES string of the molecule is Clc1nc(N2CCC(c3ccccc3)C2)c2ccsc2n1. The number of fused-ring (bicyclic) bond motifs is 1. The van der Waals surface area contributed by atoms with E-state index < -0.39 is 0 Å². The highest BCUT2D eigenvalue weighted by molar-refractivity contribution is 7.16. The van der Waals surface area contributed by atoms with Crippen LogP contribution in [0.15, 0.2) is 41.8 Å². The van der Waals surface area contributed by atoms with Gasteiger partial charge in [0.05, 0.1) is 5.39 Å². The van der Waals surface area contributed by atoms with Crippen LogP contribution in [0.3, 0.4) is 0 Å². The number of hydrogen-bond donors (Lipinski definition) is 0. The van der Waals surface area contributed by atoms with Gasteiger partial charge in [0.2, 0.25) is 5.28 Å². The fraction of sp³-hybridized carbons (Fsp3) is 0.250. The quantitative estimate of drug-likeness (QED) is 0.659. The van der Waals surface area contributed by atoms with Crippen LogP contribution < -0.4 is 4.90 Å². The molecule has 3 aromatic rings. The van der Waals surface area contributed by atoms with Crippen molar-refractivity contribution in [3.8, 4) is 0 Å². The molecule has 21 heavy (non-hydrogen) atoms. The monoisotopic (exact) mass is 315 g/mol. The van der Waals surface area contributed by atoms with Crippen LogP contribution in [-0.4, -0.2) is 23.1 Å². The van der Waals surface area contributed by atoms with Gasteiger partial charge in [0.25, 0.3) is 0 Å². The summed E-state index contributed by atoms with van der Waals surface area (Å²) >= 11 is 7.68. The van der Waals surface area contributed by atoms with Crippen LogP contribution in [0.25, 0.3) is 10.2 Å². The van der Waals surface area contributed by atoms with Gasteiger partial charge in [0.1, 0.15) is 10.6 Å². The molecular formula is C16H14ClN3S. The third-order valence-corrected chi connectivity index (χ3v) is 5.01. The number of nitrogens with zero attached hydrogens (tertiary/aromatic N) is 3. The van der Waals surface area contributed by atoms with E-state index in [1.165, 1.54) is 5.56 Å². The molecule has 1 aliphatic rings. The first kappa shape index (κ1) is 13.0. The molecule has 4 rings (SSSR count). The largest absolute Gasteiger partial charge is 0.355 e. The van der Waals surface area contributed by atoms with Crippen LogP contribution in [0, 0.1) is 0 Å². The highest BCUT2D eigenvalue weighted by Crippen LogP contribution is 2.35. The standard InChI is InChI=1S/C16H14ClN3S/c17-16-18-14(13-7-9-21-15(13)19-16)20-8-6-12(10-20)11-4-2-1-3-5-11/h1-5,7,9,12H,6,8,10H2. The van der Waals surface area contributed by atoms with Crippen LogP contribution in [0.2, 0.25) is 5.28 Å².